The highest BCUT2D eigenvalue weighted by molar-refractivity contribution is 7.89. The third-order valence-electron chi connectivity index (χ3n) is 3.57. The van der Waals surface area contributed by atoms with E-state index in [1.54, 1.807) is 12.1 Å². The van der Waals surface area contributed by atoms with E-state index in [1.165, 1.54) is 4.31 Å². The van der Waals surface area contributed by atoms with Crippen LogP contribution in [0.1, 0.15) is 19.4 Å². The van der Waals surface area contributed by atoms with Gasteiger partial charge in [-0.05, 0) is 30.0 Å². The first-order valence-corrected chi connectivity index (χ1v) is 8.78. The second-order valence-electron chi connectivity index (χ2n) is 5.83. The fourth-order valence-electron chi connectivity index (χ4n) is 2.47. The zero-order chi connectivity index (χ0) is 15.5. The van der Waals surface area contributed by atoms with E-state index in [4.69, 9.17) is 10.5 Å². The number of nitrogens with two attached hydrogens (primary N) is 1. The Kier molecular flexibility index (Phi) is 7.28. The average Bonchev–Trinajstić information content (AvgIpc) is 2.47. The molecule has 0 aromatic heterocycles. The van der Waals surface area contributed by atoms with E-state index in [9.17, 15) is 8.42 Å². The normalized spacial score (nSPS) is 19.9. The van der Waals surface area contributed by atoms with Crippen LogP contribution in [0.2, 0.25) is 0 Å². The molecule has 0 radical (unpaired) electrons. The van der Waals surface area contributed by atoms with Crippen LogP contribution in [0.25, 0.3) is 0 Å². The van der Waals surface area contributed by atoms with Crippen LogP contribution >= 0.6 is 12.4 Å². The summed E-state index contributed by atoms with van der Waals surface area (Å²) in [6.45, 7) is 5.72. The van der Waals surface area contributed by atoms with Crippen LogP contribution in [0.4, 0.5) is 0 Å². The van der Waals surface area contributed by atoms with Crippen molar-refractivity contribution < 1.29 is 13.2 Å². The minimum Gasteiger partial charge on any atom is -0.374 e. The Balaban J connectivity index is 0.00000242. The summed E-state index contributed by atoms with van der Waals surface area (Å²) in [5.74, 6) is 0.553. The summed E-state index contributed by atoms with van der Waals surface area (Å²) in [6, 6.07) is 7.18. The Bertz CT molecular complexity index is 561. The molecule has 0 saturated carbocycles. The fourth-order valence-corrected chi connectivity index (χ4v) is 3.93. The van der Waals surface area contributed by atoms with Gasteiger partial charge in [0.05, 0.1) is 17.6 Å². The Morgan fingerprint density at radius 1 is 1.32 bits per heavy atom. The van der Waals surface area contributed by atoms with E-state index >= 15 is 0 Å². The summed E-state index contributed by atoms with van der Waals surface area (Å²) in [5, 5.41) is 0. The van der Waals surface area contributed by atoms with Gasteiger partial charge in [0.2, 0.25) is 10.0 Å². The highest BCUT2D eigenvalue weighted by Gasteiger charge is 2.30. The van der Waals surface area contributed by atoms with Crippen molar-refractivity contribution >= 4 is 22.4 Å². The number of morpholine rings is 1. The number of hydrogen-bond acceptors (Lipinski definition) is 4. The number of benzene rings is 1. The third-order valence-corrected chi connectivity index (χ3v) is 5.45. The molecule has 1 atom stereocenters. The van der Waals surface area contributed by atoms with E-state index in [2.05, 4.69) is 13.8 Å². The molecule has 1 aromatic rings. The maximum Gasteiger partial charge on any atom is 0.243 e. The summed E-state index contributed by atoms with van der Waals surface area (Å²) in [7, 11) is -3.45. The molecule has 0 bridgehead atoms. The summed E-state index contributed by atoms with van der Waals surface area (Å²) in [4.78, 5) is 0.340. The minimum absolute atomic E-state index is 0. The lowest BCUT2D eigenvalue weighted by molar-refractivity contribution is 0.00450. The van der Waals surface area contributed by atoms with Crippen LogP contribution in [0.15, 0.2) is 29.2 Å². The van der Waals surface area contributed by atoms with Crippen molar-refractivity contribution in [3.8, 4) is 0 Å². The molecule has 126 valence electrons. The van der Waals surface area contributed by atoms with Gasteiger partial charge in [-0.3, -0.25) is 0 Å². The zero-order valence-corrected chi connectivity index (χ0v) is 14.7. The molecule has 5 nitrogen and oxygen atoms in total. The molecule has 1 aromatic carbocycles. The SMILES string of the molecule is CC(C)Cc1ccc(S(=O)(=O)N2CCOC(CN)C2)cc1.Cl. The van der Waals surface area contributed by atoms with Gasteiger partial charge in [0.15, 0.2) is 0 Å². The molecular weight excluding hydrogens is 324 g/mol. The first-order valence-electron chi connectivity index (χ1n) is 7.34. The van der Waals surface area contributed by atoms with Crippen molar-refractivity contribution in [2.75, 3.05) is 26.2 Å². The number of ether oxygens (including phenoxy) is 1. The molecule has 2 N–H and O–H groups in total. The van der Waals surface area contributed by atoms with Crippen molar-refractivity contribution in [1.29, 1.82) is 0 Å². The highest BCUT2D eigenvalue weighted by atomic mass is 35.5. The molecule has 1 aliphatic rings. The Labute approximate surface area is 139 Å². The zero-order valence-electron chi connectivity index (χ0n) is 13.1. The topological polar surface area (TPSA) is 72.6 Å². The Morgan fingerprint density at radius 2 is 1.95 bits per heavy atom. The standard InChI is InChI=1S/C15H24N2O3S.ClH/c1-12(2)9-13-3-5-15(6-4-13)21(18,19)17-7-8-20-14(10-16)11-17;/h3-6,12,14H,7-11,16H2,1-2H3;1H. The van der Waals surface area contributed by atoms with E-state index in [1.807, 2.05) is 12.1 Å². The number of sulfonamides is 1. The van der Waals surface area contributed by atoms with Crippen LogP contribution in [0.5, 0.6) is 0 Å². The lowest BCUT2D eigenvalue weighted by Gasteiger charge is -2.31. The van der Waals surface area contributed by atoms with Crippen molar-refractivity contribution in [1.82, 2.24) is 4.31 Å². The van der Waals surface area contributed by atoms with Crippen molar-refractivity contribution in [3.05, 3.63) is 29.8 Å². The maximum atomic E-state index is 12.6. The van der Waals surface area contributed by atoms with Gasteiger partial charge in [0.25, 0.3) is 0 Å². The minimum atomic E-state index is -3.45. The molecule has 0 amide bonds. The molecule has 1 heterocycles. The van der Waals surface area contributed by atoms with Gasteiger partial charge < -0.3 is 10.5 Å². The quantitative estimate of drug-likeness (QED) is 0.878. The van der Waals surface area contributed by atoms with Gasteiger partial charge in [-0.15, -0.1) is 12.4 Å². The number of halogens is 1. The van der Waals surface area contributed by atoms with Gasteiger partial charge in [0, 0.05) is 19.6 Å². The summed E-state index contributed by atoms with van der Waals surface area (Å²) < 4.78 is 32.1. The summed E-state index contributed by atoms with van der Waals surface area (Å²) in [5.41, 5.74) is 6.73. The van der Waals surface area contributed by atoms with Crippen molar-refractivity contribution in [3.63, 3.8) is 0 Å². The monoisotopic (exact) mass is 348 g/mol. The lowest BCUT2D eigenvalue weighted by Crippen LogP contribution is -2.48. The molecular formula is C15H25ClN2O3S. The van der Waals surface area contributed by atoms with Gasteiger partial charge >= 0.3 is 0 Å². The van der Waals surface area contributed by atoms with Crippen LogP contribution in [-0.2, 0) is 21.2 Å². The molecule has 0 aliphatic carbocycles. The molecule has 1 saturated heterocycles. The van der Waals surface area contributed by atoms with Gasteiger partial charge in [-0.2, -0.15) is 4.31 Å². The molecule has 0 spiro atoms. The number of nitrogens with zero attached hydrogens (tertiary/aromatic N) is 1. The van der Waals surface area contributed by atoms with Crippen molar-refractivity contribution in [2.45, 2.75) is 31.3 Å². The first kappa shape index (κ1) is 19.4. The van der Waals surface area contributed by atoms with Crippen LogP contribution in [-0.4, -0.2) is 45.1 Å². The van der Waals surface area contributed by atoms with Gasteiger partial charge in [-0.1, -0.05) is 26.0 Å². The van der Waals surface area contributed by atoms with Crippen molar-refractivity contribution in [2.24, 2.45) is 11.7 Å². The number of rotatable bonds is 5. The first-order chi connectivity index (χ1) is 9.93. The van der Waals surface area contributed by atoms with Crippen LogP contribution in [0.3, 0.4) is 0 Å². The molecule has 2 rings (SSSR count). The summed E-state index contributed by atoms with van der Waals surface area (Å²) in [6.07, 6.45) is 0.737. The smallest absolute Gasteiger partial charge is 0.243 e. The highest BCUT2D eigenvalue weighted by Crippen LogP contribution is 2.20. The molecule has 1 fully saturated rings. The molecule has 1 unspecified atom stereocenters. The average molecular weight is 349 g/mol. The molecule has 22 heavy (non-hydrogen) atoms. The van der Waals surface area contributed by atoms with Gasteiger partial charge in [-0.25, -0.2) is 8.42 Å². The maximum absolute atomic E-state index is 12.6. The fraction of sp³-hybridized carbons (Fsp3) is 0.600. The van der Waals surface area contributed by atoms with Crippen LogP contribution < -0.4 is 5.73 Å². The van der Waals surface area contributed by atoms with E-state index < -0.39 is 10.0 Å². The van der Waals surface area contributed by atoms with Gasteiger partial charge in [0.1, 0.15) is 0 Å². The molecule has 7 heteroatoms. The third kappa shape index (κ3) is 4.67. The predicted octanol–water partition coefficient (Wildman–Crippen LogP) is 1.66. The summed E-state index contributed by atoms with van der Waals surface area (Å²) >= 11 is 0. The second kappa shape index (κ2) is 8.26. The van der Waals surface area contributed by atoms with E-state index in [0.717, 1.165) is 12.0 Å². The molecule has 1 aliphatic heterocycles. The predicted molar refractivity (Wildman–Crippen MR) is 89.8 cm³/mol. The Hall–Kier alpha value is -0.660. The Morgan fingerprint density at radius 3 is 2.50 bits per heavy atom. The second-order valence-corrected chi connectivity index (χ2v) is 7.77. The van der Waals surface area contributed by atoms with E-state index in [0.29, 0.717) is 37.1 Å². The number of hydrogen-bond donors (Lipinski definition) is 1. The lowest BCUT2D eigenvalue weighted by atomic mass is 10.0. The van der Waals surface area contributed by atoms with E-state index in [-0.39, 0.29) is 18.5 Å². The largest absolute Gasteiger partial charge is 0.374 e. The van der Waals surface area contributed by atoms with Crippen LogP contribution in [0, 0.1) is 5.92 Å².